The van der Waals surface area contributed by atoms with Crippen molar-refractivity contribution in [2.75, 3.05) is 135 Å². The first-order chi connectivity index (χ1) is 62.1. The minimum absolute atomic E-state index is 0.00500. The fourth-order valence-corrected chi connectivity index (χ4v) is 13.5. The van der Waals surface area contributed by atoms with Gasteiger partial charge in [-0.2, -0.15) is 0 Å². The average molecular weight is 1830 g/mol. The van der Waals surface area contributed by atoms with Gasteiger partial charge in [-0.3, -0.25) is 0 Å². The number of hydrogen-bond donors (Lipinski definition) is 0. The summed E-state index contributed by atoms with van der Waals surface area (Å²) in [6.07, 6.45) is 0. The molecule has 0 aliphatic carbocycles. The van der Waals surface area contributed by atoms with Crippen molar-refractivity contribution >= 4 is 17.1 Å². The van der Waals surface area contributed by atoms with Gasteiger partial charge in [-0.1, -0.05) is 193 Å². The van der Waals surface area contributed by atoms with Crippen molar-refractivity contribution in [3.05, 3.63) is 302 Å². The Bertz CT molecular complexity index is 4960. The van der Waals surface area contributed by atoms with E-state index < -0.39 is 58.2 Å². The smallest absolute Gasteiger partial charge is 0.231 e. The summed E-state index contributed by atoms with van der Waals surface area (Å²) in [5.74, 6) is -0.623. The first kappa shape index (κ1) is 109. The molecule has 716 valence electrons. The van der Waals surface area contributed by atoms with Gasteiger partial charge in [-0.25, -0.2) is 48.3 Å². The number of methoxy groups -OCH3 is 2. The molecule has 0 atom stereocenters. The van der Waals surface area contributed by atoms with E-state index in [9.17, 15) is 48.3 Å². The Kier molecular flexibility index (Phi) is 46.0. The van der Waals surface area contributed by atoms with Crippen molar-refractivity contribution < 1.29 is 86.2 Å². The number of ether oxygens (including phenoxy) is 8. The lowest BCUT2D eigenvalue weighted by Crippen LogP contribution is -2.44. The Balaban J connectivity index is 0.000000225. The minimum atomic E-state index is -1.40. The minimum Gasteiger partial charge on any atom is -0.493 e. The van der Waals surface area contributed by atoms with Crippen molar-refractivity contribution in [2.45, 2.75) is 198 Å². The summed E-state index contributed by atoms with van der Waals surface area (Å²) < 4.78 is 182. The van der Waals surface area contributed by atoms with Crippen LogP contribution in [0.5, 0.6) is 34.5 Å². The number of anilines is 3. The zero-order valence-corrected chi connectivity index (χ0v) is 80.9. The van der Waals surface area contributed by atoms with Gasteiger partial charge in [-0.15, -0.1) is 0 Å². The maximum absolute atomic E-state index is 13.9. The molecule has 23 heteroatoms. The summed E-state index contributed by atoms with van der Waals surface area (Å²) in [6.45, 7) is 53.7. The van der Waals surface area contributed by atoms with Crippen LogP contribution in [-0.2, 0) is 9.47 Å². The van der Waals surface area contributed by atoms with Crippen LogP contribution < -0.4 is 43.1 Å². The Morgan fingerprint density at radius 3 is 1.03 bits per heavy atom. The number of likely N-dealkylation sites (N-methyl/N-ethyl adjacent to an activating group) is 1. The summed E-state index contributed by atoms with van der Waals surface area (Å²) in [7, 11) is 5.49. The van der Waals surface area contributed by atoms with Gasteiger partial charge in [0.15, 0.2) is 75.2 Å². The highest BCUT2D eigenvalue weighted by Crippen LogP contribution is 2.37. The van der Waals surface area contributed by atoms with Crippen LogP contribution in [0.3, 0.4) is 0 Å². The van der Waals surface area contributed by atoms with Gasteiger partial charge < -0.3 is 57.5 Å². The highest BCUT2D eigenvalue weighted by Gasteiger charge is 2.21. The van der Waals surface area contributed by atoms with Crippen molar-refractivity contribution in [1.82, 2.24) is 4.90 Å². The van der Waals surface area contributed by atoms with Crippen LogP contribution in [0.1, 0.15) is 253 Å². The molecule has 5 aliphatic heterocycles. The number of nitrogens with zero attached hydrogens (tertiary/aromatic N) is 4. The topological polar surface area (TPSA) is 86.8 Å². The van der Waals surface area contributed by atoms with E-state index in [1.807, 2.05) is 75.1 Å². The van der Waals surface area contributed by atoms with Gasteiger partial charge in [0.25, 0.3) is 0 Å². The predicted molar refractivity (Wildman–Crippen MR) is 511 cm³/mol. The quantitative estimate of drug-likeness (QED) is 0.0556. The maximum Gasteiger partial charge on any atom is 0.231 e. The Hall–Kier alpha value is -10.5. The number of piperazine rings is 1. The number of hydrogen-bond acceptors (Lipinski definition) is 12. The zero-order valence-electron chi connectivity index (χ0n) is 80.9. The first-order valence-electron chi connectivity index (χ1n) is 45.4. The molecule has 0 saturated carbocycles. The molecule has 10 aromatic carbocycles. The van der Waals surface area contributed by atoms with E-state index in [0.717, 1.165) is 128 Å². The van der Waals surface area contributed by atoms with Crippen molar-refractivity contribution in [2.24, 2.45) is 0 Å². The summed E-state index contributed by atoms with van der Waals surface area (Å²) >= 11 is 0. The molecular weight excluding hydrogens is 1690 g/mol. The van der Waals surface area contributed by atoms with E-state index in [2.05, 4.69) is 178 Å². The van der Waals surface area contributed by atoms with Crippen LogP contribution in [0, 0.1) is 64.0 Å². The van der Waals surface area contributed by atoms with E-state index in [-0.39, 0.29) is 35.1 Å². The van der Waals surface area contributed by atoms with Crippen LogP contribution in [0.4, 0.5) is 65.4 Å². The summed E-state index contributed by atoms with van der Waals surface area (Å²) in [5.41, 5.74) is 13.3. The third-order valence-corrected chi connectivity index (χ3v) is 22.2. The molecule has 131 heavy (non-hydrogen) atoms. The van der Waals surface area contributed by atoms with Crippen molar-refractivity contribution in [3.8, 4) is 34.5 Å². The fraction of sp³-hybridized carbons (Fsp3) is 0.444. The molecule has 5 aliphatic rings. The molecule has 0 unspecified atom stereocenters. The van der Waals surface area contributed by atoms with Crippen LogP contribution in [0.15, 0.2) is 182 Å². The van der Waals surface area contributed by atoms with Crippen molar-refractivity contribution in [1.29, 1.82) is 0 Å². The molecule has 10 aromatic rings. The van der Waals surface area contributed by atoms with Crippen LogP contribution in [0.25, 0.3) is 0 Å². The third kappa shape index (κ3) is 36.2. The number of fused-ring (bicyclic) bond motifs is 2. The second kappa shape index (κ2) is 55.1. The molecule has 5 heterocycles. The molecule has 0 amide bonds. The highest BCUT2D eigenvalue weighted by atomic mass is 19.2. The lowest BCUT2D eigenvalue weighted by molar-refractivity contribution is 0.122. The van der Waals surface area contributed by atoms with E-state index in [0.29, 0.717) is 91.6 Å². The number of morpholine rings is 2. The summed E-state index contributed by atoms with van der Waals surface area (Å²) in [4.78, 5) is 9.29. The van der Waals surface area contributed by atoms with E-state index >= 15 is 0 Å². The molecule has 3 fully saturated rings. The molecule has 0 spiro atoms. The molecule has 0 N–H and O–H groups in total. The SMILES string of the molecule is CC(C)c1cc(F)c(F)c(F)c1.CC(C)c1cc(F)c(F)cc1F.CC(C)c1cc(F)cc(F)c1.CC(C)c1ccc(F)c(F)c1.CC(C)c1ccc(N2CCN(C)CC2)cc1.CC(C)c1ccc(N2CCOCC2)c(F)c1.CC(C)c1ccc(N2CCOCC2)cc1.CC(C)c1ccc2c(c1)OCCO2.CC(C)c1ccc2c(c1)OCO2.COc1ccc(C(C)C)cc1OC. The largest absolute Gasteiger partial charge is 0.493 e. The Morgan fingerprint density at radius 2 is 0.595 bits per heavy atom. The van der Waals surface area contributed by atoms with E-state index in [1.165, 1.54) is 70.5 Å². The lowest BCUT2D eigenvalue weighted by Gasteiger charge is -2.34. The first-order valence-corrected chi connectivity index (χ1v) is 45.4. The van der Waals surface area contributed by atoms with E-state index in [1.54, 1.807) is 54.0 Å². The van der Waals surface area contributed by atoms with Crippen molar-refractivity contribution in [3.63, 3.8) is 0 Å². The highest BCUT2D eigenvalue weighted by molar-refractivity contribution is 5.52. The lowest BCUT2D eigenvalue weighted by atomic mass is 10.0. The molecule has 0 bridgehead atoms. The van der Waals surface area contributed by atoms with Gasteiger partial charge in [-0.05, 0) is 237 Å². The fourth-order valence-electron chi connectivity index (χ4n) is 13.5. The van der Waals surface area contributed by atoms with Gasteiger partial charge in [0.05, 0.1) is 46.3 Å². The summed E-state index contributed by atoms with van der Waals surface area (Å²) in [6, 6.07) is 52.9. The second-order valence-corrected chi connectivity index (χ2v) is 35.5. The summed E-state index contributed by atoms with van der Waals surface area (Å²) in [5, 5.41) is 0. The Morgan fingerprint density at radius 1 is 0.252 bits per heavy atom. The van der Waals surface area contributed by atoms with Gasteiger partial charge in [0, 0.05) is 75.9 Å². The van der Waals surface area contributed by atoms with Crippen LogP contribution >= 0.6 is 0 Å². The molecule has 3 saturated heterocycles. The molecular formula is C108H139F11N4O8. The monoisotopic (exact) mass is 1830 g/mol. The Labute approximate surface area is 772 Å². The standard InChI is InChI=1S/C14H22N2.C13H18FNO.C13H19NO.C11H14O2.C11H16O2.C10H12O2.2C9H9F3.2C9H10F2/c1-12(2)13-4-6-14(7-5-13)16-10-8-15(3)9-11-16;1-10(2)11-3-4-13(12(14)9-11)15-5-7-16-8-6-15;1-11(2)12-3-5-13(6-4-12)14-7-9-15-10-8-14;1-8(2)9-3-4-10-11(7-9)13-6-5-12-10;1-8(2)9-5-6-10(12-3)11(7-9)13-4;1-7(2)8-3-4-9-10(5-8)12-6-11-9;1-5(2)6-3-8(11)9(12)4-7(6)10;1-5(2)6-3-7(10)9(12)8(11)4-6;1-6(2)7-3-8(10)5-9(11)4-7;1-6(2)7-3-4-8(10)9(11)5-7/h4-7,12H,8-11H2,1-3H3;3-4,9-10H,5-8H2,1-2H3;3-6,11H,7-10H2,1-2H3;3-4,7-8H,5-6H2,1-2H3;5-8H,1-4H3;3-5,7H,6H2,1-2H3;2*3-5H,1-2H3;2*3-6H,1-2H3. The zero-order chi connectivity index (χ0) is 96.9. The number of rotatable bonds is 15. The second-order valence-electron chi connectivity index (χ2n) is 35.5. The number of benzene rings is 10. The molecule has 0 aromatic heterocycles. The molecule has 12 nitrogen and oxygen atoms in total. The average Bonchev–Trinajstić information content (AvgIpc) is 1.81. The predicted octanol–water partition coefficient (Wildman–Crippen LogP) is 28.6. The van der Waals surface area contributed by atoms with E-state index in [4.69, 9.17) is 37.9 Å². The molecule has 0 radical (unpaired) electrons. The number of halogens is 11. The van der Waals surface area contributed by atoms with Gasteiger partial charge >= 0.3 is 0 Å². The molecule has 15 rings (SSSR count). The van der Waals surface area contributed by atoms with Crippen LogP contribution in [0.2, 0.25) is 0 Å². The third-order valence-electron chi connectivity index (χ3n) is 22.2. The van der Waals surface area contributed by atoms with Gasteiger partial charge in [0.2, 0.25) is 6.79 Å². The normalized spacial score (nSPS) is 13.8. The maximum atomic E-state index is 13.9. The van der Waals surface area contributed by atoms with Gasteiger partial charge in [0.1, 0.15) is 36.5 Å². The van der Waals surface area contributed by atoms with Crippen LogP contribution in [-0.4, -0.2) is 125 Å².